The van der Waals surface area contributed by atoms with Gasteiger partial charge in [-0.25, -0.2) is 0 Å². The Labute approximate surface area is 100 Å². The van der Waals surface area contributed by atoms with E-state index in [1.807, 2.05) is 6.92 Å². The fourth-order valence-corrected chi connectivity index (χ4v) is 1.37. The lowest BCUT2D eigenvalue weighted by Gasteiger charge is -2.17. The van der Waals surface area contributed by atoms with Crippen molar-refractivity contribution in [1.82, 2.24) is 0 Å². The van der Waals surface area contributed by atoms with Gasteiger partial charge in [-0.1, -0.05) is 0 Å². The van der Waals surface area contributed by atoms with E-state index in [0.29, 0.717) is 31.9 Å². The van der Waals surface area contributed by atoms with Crippen LogP contribution in [0, 0.1) is 0 Å². The van der Waals surface area contributed by atoms with Crippen molar-refractivity contribution in [1.29, 1.82) is 0 Å². The first-order valence-electron chi connectivity index (χ1n) is 5.41. The third-order valence-electron chi connectivity index (χ3n) is 2.23. The molecule has 1 aromatic carbocycles. The molecule has 5 heteroatoms. The Morgan fingerprint density at radius 1 is 1.29 bits per heavy atom. The van der Waals surface area contributed by atoms with Crippen molar-refractivity contribution in [2.24, 2.45) is 0 Å². The zero-order chi connectivity index (χ0) is 12.5. The molecule has 0 aliphatic carbocycles. The van der Waals surface area contributed by atoms with Gasteiger partial charge in [0.05, 0.1) is 6.61 Å². The van der Waals surface area contributed by atoms with Crippen LogP contribution < -0.4 is 10.2 Å². The van der Waals surface area contributed by atoms with Crippen molar-refractivity contribution < 1.29 is 14.3 Å². The molecule has 0 radical (unpaired) electrons. The third-order valence-corrected chi connectivity index (χ3v) is 2.23. The summed E-state index contributed by atoms with van der Waals surface area (Å²) in [6.45, 7) is 3.56. The lowest BCUT2D eigenvalue weighted by atomic mass is 10.2. The number of nitrogens with one attached hydrogen (secondary N) is 1. The molecule has 0 aliphatic rings. The van der Waals surface area contributed by atoms with E-state index < -0.39 is 0 Å². The fraction of sp³-hybridized carbons (Fsp3) is 0.333. The molecule has 0 bridgehead atoms. The summed E-state index contributed by atoms with van der Waals surface area (Å²) < 4.78 is 5.19. The van der Waals surface area contributed by atoms with Crippen molar-refractivity contribution in [2.75, 3.05) is 30.0 Å². The van der Waals surface area contributed by atoms with Crippen LogP contribution in [0.2, 0.25) is 0 Å². The first-order chi connectivity index (χ1) is 8.31. The van der Waals surface area contributed by atoms with E-state index >= 15 is 0 Å². The lowest BCUT2D eigenvalue weighted by molar-refractivity contribution is -0.107. The number of benzene rings is 1. The number of ether oxygens (including phenoxy) is 1. The molecule has 2 amide bonds. The van der Waals surface area contributed by atoms with Crippen LogP contribution in [-0.2, 0) is 14.3 Å². The molecular weight excluding hydrogens is 220 g/mol. The van der Waals surface area contributed by atoms with Gasteiger partial charge in [0.1, 0.15) is 0 Å². The molecule has 0 aliphatic heterocycles. The number of rotatable bonds is 8. The van der Waals surface area contributed by atoms with Gasteiger partial charge in [0, 0.05) is 24.5 Å². The average Bonchev–Trinajstić information content (AvgIpc) is 2.36. The average molecular weight is 236 g/mol. The zero-order valence-electron chi connectivity index (χ0n) is 9.76. The van der Waals surface area contributed by atoms with Crippen LogP contribution in [0.4, 0.5) is 11.4 Å². The van der Waals surface area contributed by atoms with Crippen molar-refractivity contribution >= 4 is 24.2 Å². The van der Waals surface area contributed by atoms with E-state index in [1.165, 1.54) is 0 Å². The van der Waals surface area contributed by atoms with Gasteiger partial charge in [0.25, 0.3) is 0 Å². The summed E-state index contributed by atoms with van der Waals surface area (Å²) in [7, 11) is 0. The number of amides is 2. The summed E-state index contributed by atoms with van der Waals surface area (Å²) in [6, 6.07) is 7.01. The molecule has 92 valence electrons. The van der Waals surface area contributed by atoms with Crippen LogP contribution in [0.5, 0.6) is 0 Å². The third kappa shape index (κ3) is 4.24. The maximum Gasteiger partial charge on any atom is 0.214 e. The fourth-order valence-electron chi connectivity index (χ4n) is 1.37. The van der Waals surface area contributed by atoms with Crippen LogP contribution >= 0.6 is 0 Å². The quantitative estimate of drug-likeness (QED) is 0.546. The van der Waals surface area contributed by atoms with Gasteiger partial charge in [-0.05, 0) is 31.2 Å². The maximum absolute atomic E-state index is 10.9. The van der Waals surface area contributed by atoms with Gasteiger partial charge in [-0.15, -0.1) is 0 Å². The van der Waals surface area contributed by atoms with Gasteiger partial charge in [-0.2, -0.15) is 0 Å². The molecule has 0 spiro atoms. The van der Waals surface area contributed by atoms with Gasteiger partial charge in [-0.3, -0.25) is 9.59 Å². The highest BCUT2D eigenvalue weighted by Crippen LogP contribution is 2.16. The summed E-state index contributed by atoms with van der Waals surface area (Å²) in [4.78, 5) is 22.7. The first-order valence-corrected chi connectivity index (χ1v) is 5.41. The van der Waals surface area contributed by atoms with Crippen LogP contribution in [0.25, 0.3) is 0 Å². The van der Waals surface area contributed by atoms with Gasteiger partial charge in [0.2, 0.25) is 12.8 Å². The molecule has 0 heterocycles. The lowest BCUT2D eigenvalue weighted by Crippen LogP contribution is -2.25. The SMILES string of the molecule is CCOCCN(C=O)c1ccc(NC=O)cc1. The number of hydrogen-bond donors (Lipinski definition) is 1. The smallest absolute Gasteiger partial charge is 0.214 e. The molecule has 1 N–H and O–H groups in total. The number of carbonyl (C=O) groups is 2. The van der Waals surface area contributed by atoms with Crippen molar-refractivity contribution in [3.63, 3.8) is 0 Å². The molecule has 0 aromatic heterocycles. The first kappa shape index (κ1) is 13.2. The minimum absolute atomic E-state index is 0.504. The highest BCUT2D eigenvalue weighted by molar-refractivity contribution is 5.77. The van der Waals surface area contributed by atoms with Gasteiger partial charge in [0.15, 0.2) is 0 Å². The molecule has 1 aromatic rings. The van der Waals surface area contributed by atoms with Crippen LogP contribution in [-0.4, -0.2) is 32.6 Å². The summed E-state index contributed by atoms with van der Waals surface area (Å²) in [5.74, 6) is 0. The van der Waals surface area contributed by atoms with E-state index in [-0.39, 0.29) is 0 Å². The second kappa shape index (κ2) is 7.40. The van der Waals surface area contributed by atoms with Crippen LogP contribution in [0.15, 0.2) is 24.3 Å². The van der Waals surface area contributed by atoms with Crippen molar-refractivity contribution in [3.05, 3.63) is 24.3 Å². The summed E-state index contributed by atoms with van der Waals surface area (Å²) >= 11 is 0. The van der Waals surface area contributed by atoms with Crippen LogP contribution in [0.3, 0.4) is 0 Å². The summed E-state index contributed by atoms with van der Waals surface area (Å²) in [5.41, 5.74) is 1.47. The second-order valence-corrected chi connectivity index (χ2v) is 3.30. The number of anilines is 2. The van der Waals surface area contributed by atoms with Crippen molar-refractivity contribution in [2.45, 2.75) is 6.92 Å². The predicted octanol–water partition coefficient (Wildman–Crippen LogP) is 1.25. The van der Waals surface area contributed by atoms with Gasteiger partial charge < -0.3 is 15.0 Å². The van der Waals surface area contributed by atoms with Gasteiger partial charge >= 0.3 is 0 Å². The number of hydrogen-bond acceptors (Lipinski definition) is 3. The molecule has 0 saturated heterocycles. The molecule has 0 saturated carbocycles. The largest absolute Gasteiger partial charge is 0.380 e. The summed E-state index contributed by atoms with van der Waals surface area (Å²) in [6.07, 6.45) is 1.38. The number of carbonyl (C=O) groups excluding carboxylic acids is 2. The summed E-state index contributed by atoms with van der Waals surface area (Å²) in [5, 5.41) is 2.53. The molecule has 5 nitrogen and oxygen atoms in total. The second-order valence-electron chi connectivity index (χ2n) is 3.30. The highest BCUT2D eigenvalue weighted by Gasteiger charge is 2.04. The van der Waals surface area contributed by atoms with E-state index in [1.54, 1.807) is 29.2 Å². The minimum atomic E-state index is 0.504. The highest BCUT2D eigenvalue weighted by atomic mass is 16.5. The Bertz CT molecular complexity index is 351. The van der Waals surface area contributed by atoms with E-state index in [2.05, 4.69) is 5.32 Å². The molecule has 0 atom stereocenters. The Morgan fingerprint density at radius 3 is 2.53 bits per heavy atom. The molecule has 17 heavy (non-hydrogen) atoms. The normalized spacial score (nSPS) is 9.71. The Balaban J connectivity index is 2.61. The van der Waals surface area contributed by atoms with Crippen LogP contribution in [0.1, 0.15) is 6.92 Å². The molecule has 1 rings (SSSR count). The van der Waals surface area contributed by atoms with E-state index in [0.717, 1.165) is 12.1 Å². The van der Waals surface area contributed by atoms with Crippen molar-refractivity contribution in [3.8, 4) is 0 Å². The Hall–Kier alpha value is -1.88. The number of nitrogens with zero attached hydrogens (tertiary/aromatic N) is 1. The maximum atomic E-state index is 10.9. The Morgan fingerprint density at radius 2 is 2.00 bits per heavy atom. The zero-order valence-corrected chi connectivity index (χ0v) is 9.76. The standard InChI is InChI=1S/C12H16N2O3/c1-2-17-8-7-14(10-16)12-5-3-11(4-6-12)13-9-15/h3-6,9-10H,2,7-8H2,1H3,(H,13,15). The predicted molar refractivity (Wildman–Crippen MR) is 66.0 cm³/mol. The molecule has 0 unspecified atom stereocenters. The van der Waals surface area contributed by atoms with E-state index in [9.17, 15) is 9.59 Å². The monoisotopic (exact) mass is 236 g/mol. The molecule has 0 fully saturated rings. The Kier molecular flexibility index (Phi) is 5.74. The van der Waals surface area contributed by atoms with E-state index in [4.69, 9.17) is 4.74 Å². The molecular formula is C12H16N2O3. The minimum Gasteiger partial charge on any atom is -0.380 e. The topological polar surface area (TPSA) is 58.6 Å².